The van der Waals surface area contributed by atoms with Crippen LogP contribution in [0.2, 0.25) is 0 Å². The van der Waals surface area contributed by atoms with Gasteiger partial charge in [0.1, 0.15) is 0 Å². The van der Waals surface area contributed by atoms with E-state index in [0.717, 1.165) is 7.11 Å². The van der Waals surface area contributed by atoms with Crippen LogP contribution < -0.4 is 0 Å². The smallest absolute Gasteiger partial charge is 0.419 e. The summed E-state index contributed by atoms with van der Waals surface area (Å²) >= 11 is 0. The first-order chi connectivity index (χ1) is 5.30. The van der Waals surface area contributed by atoms with Crippen molar-refractivity contribution in [1.82, 2.24) is 4.90 Å². The Labute approximate surface area is 70.9 Å². The Hall–Kier alpha value is -1.26. The predicted molar refractivity (Wildman–Crippen MR) is 42.0 cm³/mol. The minimum Gasteiger partial charge on any atom is -0.465 e. The Morgan fingerprint density at radius 3 is 1.83 bits per heavy atom. The summed E-state index contributed by atoms with van der Waals surface area (Å²) < 4.78 is 4.31. The Morgan fingerprint density at radius 2 is 1.75 bits per heavy atom. The number of rotatable bonds is 0. The van der Waals surface area contributed by atoms with Crippen LogP contribution in [0.1, 0.15) is 20.8 Å². The number of carboxylic acid groups (broad SMARTS) is 1. The second-order valence-electron chi connectivity index (χ2n) is 3.26. The summed E-state index contributed by atoms with van der Waals surface area (Å²) in [7, 11) is 1.14. The van der Waals surface area contributed by atoms with Crippen LogP contribution >= 0.6 is 0 Å². The van der Waals surface area contributed by atoms with Crippen LogP contribution in [0.25, 0.3) is 0 Å². The molecule has 0 saturated heterocycles. The molecule has 0 spiro atoms. The molecule has 0 aromatic rings. The average Bonchev–Trinajstić information content (AvgIpc) is 1.83. The van der Waals surface area contributed by atoms with Crippen molar-refractivity contribution in [3.05, 3.63) is 0 Å². The maximum atomic E-state index is 10.9. The van der Waals surface area contributed by atoms with Gasteiger partial charge in [-0.1, -0.05) is 0 Å². The van der Waals surface area contributed by atoms with E-state index in [-0.39, 0.29) is 0 Å². The fourth-order valence-corrected chi connectivity index (χ4v) is 0.730. The third-order valence-electron chi connectivity index (χ3n) is 1.22. The lowest BCUT2D eigenvalue weighted by molar-refractivity contribution is 0.0769. The fraction of sp³-hybridized carbons (Fsp3) is 0.714. The van der Waals surface area contributed by atoms with E-state index in [1.54, 1.807) is 20.8 Å². The molecule has 0 fully saturated rings. The predicted octanol–water partition coefficient (Wildman–Crippen LogP) is 1.53. The molecule has 0 atom stereocenters. The minimum atomic E-state index is -1.31. The van der Waals surface area contributed by atoms with E-state index in [2.05, 4.69) is 4.74 Å². The van der Waals surface area contributed by atoms with Crippen LogP contribution in [0.15, 0.2) is 0 Å². The molecule has 70 valence electrons. The number of nitrogens with zero attached hydrogens (tertiary/aromatic N) is 1. The lowest BCUT2D eigenvalue weighted by Crippen LogP contribution is -2.48. The van der Waals surface area contributed by atoms with Gasteiger partial charge in [-0.15, -0.1) is 0 Å². The number of amides is 2. The van der Waals surface area contributed by atoms with Gasteiger partial charge in [-0.05, 0) is 20.8 Å². The van der Waals surface area contributed by atoms with Gasteiger partial charge in [0.25, 0.3) is 0 Å². The van der Waals surface area contributed by atoms with E-state index in [1.165, 1.54) is 0 Å². The average molecular weight is 175 g/mol. The number of hydrogen-bond acceptors (Lipinski definition) is 3. The van der Waals surface area contributed by atoms with Gasteiger partial charge in [-0.25, -0.2) is 14.5 Å². The van der Waals surface area contributed by atoms with Gasteiger partial charge in [0.2, 0.25) is 0 Å². The lowest BCUT2D eigenvalue weighted by Gasteiger charge is -2.29. The fourth-order valence-electron chi connectivity index (χ4n) is 0.730. The molecule has 0 unspecified atom stereocenters. The molecule has 0 bridgehead atoms. The quantitative estimate of drug-likeness (QED) is 0.606. The third-order valence-corrected chi connectivity index (χ3v) is 1.22. The molecule has 5 nitrogen and oxygen atoms in total. The van der Waals surface area contributed by atoms with Crippen molar-refractivity contribution in [3.63, 3.8) is 0 Å². The summed E-state index contributed by atoms with van der Waals surface area (Å²) in [4.78, 5) is 22.1. The Morgan fingerprint density at radius 1 is 1.33 bits per heavy atom. The van der Waals surface area contributed by atoms with Gasteiger partial charge in [0.05, 0.1) is 7.11 Å². The molecular formula is C7H13NO4. The number of methoxy groups -OCH3 is 1. The molecule has 1 N–H and O–H groups in total. The largest absolute Gasteiger partial charge is 0.465 e. The highest BCUT2D eigenvalue weighted by atomic mass is 16.6. The summed E-state index contributed by atoms with van der Waals surface area (Å²) in [6.07, 6.45) is -2.18. The van der Waals surface area contributed by atoms with Crippen molar-refractivity contribution in [2.45, 2.75) is 26.3 Å². The molecule has 2 amide bonds. The molecule has 0 aromatic carbocycles. The molecule has 0 aliphatic carbocycles. The first kappa shape index (κ1) is 10.7. The van der Waals surface area contributed by atoms with Crippen LogP contribution in [-0.4, -0.2) is 34.8 Å². The minimum absolute atomic E-state index is 0.632. The Kier molecular flexibility index (Phi) is 3.06. The van der Waals surface area contributed by atoms with Gasteiger partial charge in [0.15, 0.2) is 0 Å². The highest BCUT2D eigenvalue weighted by molar-refractivity contribution is 5.87. The highest BCUT2D eigenvalue weighted by Gasteiger charge is 2.33. The van der Waals surface area contributed by atoms with Crippen LogP contribution in [0.4, 0.5) is 9.59 Å². The van der Waals surface area contributed by atoms with Gasteiger partial charge in [-0.3, -0.25) is 0 Å². The van der Waals surface area contributed by atoms with Gasteiger partial charge in [-0.2, -0.15) is 0 Å². The standard InChI is InChI=1S/C7H13NO4/c1-7(2,3)8(5(9)10)6(11)12-4/h1-4H3,(H,9,10). The van der Waals surface area contributed by atoms with Crippen molar-refractivity contribution < 1.29 is 19.4 Å². The Bertz CT molecular complexity index is 194. The molecule has 0 rings (SSSR count). The van der Waals surface area contributed by atoms with Crippen LogP contribution in [-0.2, 0) is 4.74 Å². The van der Waals surface area contributed by atoms with E-state index in [0.29, 0.717) is 4.90 Å². The number of hydrogen-bond donors (Lipinski definition) is 1. The molecule has 0 radical (unpaired) electrons. The zero-order valence-electron chi connectivity index (χ0n) is 7.62. The molecule has 0 aliphatic rings. The molecule has 0 aromatic heterocycles. The van der Waals surface area contributed by atoms with E-state index >= 15 is 0 Å². The van der Waals surface area contributed by atoms with E-state index < -0.39 is 17.7 Å². The molecule has 5 heteroatoms. The van der Waals surface area contributed by atoms with Gasteiger partial charge in [0, 0.05) is 5.54 Å². The number of carbonyl (C=O) groups is 2. The summed E-state index contributed by atoms with van der Waals surface area (Å²) in [5, 5.41) is 8.64. The molecular weight excluding hydrogens is 162 g/mol. The van der Waals surface area contributed by atoms with Crippen molar-refractivity contribution in [2.24, 2.45) is 0 Å². The van der Waals surface area contributed by atoms with Crippen molar-refractivity contribution in [3.8, 4) is 0 Å². The van der Waals surface area contributed by atoms with Crippen LogP contribution in [0, 0.1) is 0 Å². The first-order valence-electron chi connectivity index (χ1n) is 3.42. The second kappa shape index (κ2) is 3.42. The summed E-state index contributed by atoms with van der Waals surface area (Å²) in [5.41, 5.74) is -0.779. The molecule has 0 heterocycles. The SMILES string of the molecule is COC(=O)N(C(=O)O)C(C)(C)C. The number of carbonyl (C=O) groups excluding carboxylic acids is 1. The second-order valence-corrected chi connectivity index (χ2v) is 3.26. The highest BCUT2D eigenvalue weighted by Crippen LogP contribution is 2.14. The monoisotopic (exact) mass is 175 g/mol. The topological polar surface area (TPSA) is 66.8 Å². The maximum Gasteiger partial charge on any atom is 0.419 e. The summed E-state index contributed by atoms with van der Waals surface area (Å²) in [5.74, 6) is 0. The van der Waals surface area contributed by atoms with Crippen LogP contribution in [0.3, 0.4) is 0 Å². The van der Waals surface area contributed by atoms with E-state index in [4.69, 9.17) is 5.11 Å². The Balaban J connectivity index is 4.68. The maximum absolute atomic E-state index is 10.9. The van der Waals surface area contributed by atoms with E-state index in [1.807, 2.05) is 0 Å². The van der Waals surface area contributed by atoms with Gasteiger partial charge < -0.3 is 9.84 Å². The summed E-state index contributed by atoms with van der Waals surface area (Å²) in [6.45, 7) is 4.83. The number of ether oxygens (including phenoxy) is 1. The molecule has 0 saturated carbocycles. The zero-order chi connectivity index (χ0) is 9.94. The summed E-state index contributed by atoms with van der Waals surface area (Å²) in [6, 6.07) is 0. The van der Waals surface area contributed by atoms with Crippen LogP contribution in [0.5, 0.6) is 0 Å². The normalized spacial score (nSPS) is 10.7. The molecule has 12 heavy (non-hydrogen) atoms. The zero-order valence-corrected chi connectivity index (χ0v) is 7.62. The first-order valence-corrected chi connectivity index (χ1v) is 3.42. The number of imide groups is 1. The van der Waals surface area contributed by atoms with Crippen molar-refractivity contribution in [2.75, 3.05) is 7.11 Å². The van der Waals surface area contributed by atoms with Crippen molar-refractivity contribution >= 4 is 12.2 Å². The van der Waals surface area contributed by atoms with Gasteiger partial charge >= 0.3 is 12.2 Å². The molecule has 0 aliphatic heterocycles. The van der Waals surface area contributed by atoms with E-state index in [9.17, 15) is 9.59 Å². The lowest BCUT2D eigenvalue weighted by atomic mass is 10.1. The third kappa shape index (κ3) is 2.41. The van der Waals surface area contributed by atoms with Crippen molar-refractivity contribution in [1.29, 1.82) is 0 Å².